The van der Waals surface area contributed by atoms with Crippen LogP contribution in [-0.2, 0) is 11.0 Å². The van der Waals surface area contributed by atoms with Crippen molar-refractivity contribution in [3.63, 3.8) is 0 Å². The standard InChI is InChI=1S/C13H15F3N2O2/c1-7-4-5-18(11(7)12(19)20)8-2-3-10(17)9(6-8)13(14,15)16/h2-3,6-7,11H,4-5,17H2,1H3,(H,19,20). The van der Waals surface area contributed by atoms with Gasteiger partial charge in [0.1, 0.15) is 6.04 Å². The van der Waals surface area contributed by atoms with E-state index in [0.29, 0.717) is 13.0 Å². The molecule has 0 amide bonds. The van der Waals surface area contributed by atoms with Gasteiger partial charge in [-0.2, -0.15) is 13.2 Å². The summed E-state index contributed by atoms with van der Waals surface area (Å²) in [5.74, 6) is -1.14. The molecule has 7 heteroatoms. The predicted molar refractivity (Wildman–Crippen MR) is 68.4 cm³/mol. The molecule has 0 aromatic heterocycles. The fourth-order valence-electron chi connectivity index (χ4n) is 2.58. The summed E-state index contributed by atoms with van der Waals surface area (Å²) in [5, 5.41) is 9.21. The number of alkyl halides is 3. The van der Waals surface area contributed by atoms with E-state index in [2.05, 4.69) is 0 Å². The molecule has 0 saturated carbocycles. The zero-order chi connectivity index (χ0) is 15.1. The third-order valence-corrected chi connectivity index (χ3v) is 3.63. The minimum atomic E-state index is -4.55. The smallest absolute Gasteiger partial charge is 0.418 e. The van der Waals surface area contributed by atoms with Crippen molar-refractivity contribution in [3.8, 4) is 0 Å². The topological polar surface area (TPSA) is 66.6 Å². The van der Waals surface area contributed by atoms with Crippen molar-refractivity contribution in [2.45, 2.75) is 25.6 Å². The fourth-order valence-corrected chi connectivity index (χ4v) is 2.58. The highest BCUT2D eigenvalue weighted by atomic mass is 19.4. The minimum absolute atomic E-state index is 0.112. The fraction of sp³-hybridized carbons (Fsp3) is 0.462. The van der Waals surface area contributed by atoms with Gasteiger partial charge in [-0.3, -0.25) is 0 Å². The van der Waals surface area contributed by atoms with Crippen LogP contribution < -0.4 is 10.6 Å². The number of nitrogens with zero attached hydrogens (tertiary/aromatic N) is 1. The first-order chi connectivity index (χ1) is 9.21. The maximum atomic E-state index is 12.8. The summed E-state index contributed by atoms with van der Waals surface area (Å²) in [5.41, 5.74) is 4.29. The van der Waals surface area contributed by atoms with Gasteiger partial charge in [0.2, 0.25) is 0 Å². The lowest BCUT2D eigenvalue weighted by Crippen LogP contribution is -2.39. The number of aliphatic carboxylic acids is 1. The Bertz CT molecular complexity index is 531. The summed E-state index contributed by atoms with van der Waals surface area (Å²) in [6.45, 7) is 2.19. The third-order valence-electron chi connectivity index (χ3n) is 3.63. The lowest BCUT2D eigenvalue weighted by Gasteiger charge is -2.26. The van der Waals surface area contributed by atoms with Gasteiger partial charge in [-0.05, 0) is 30.5 Å². The van der Waals surface area contributed by atoms with Gasteiger partial charge in [0.25, 0.3) is 0 Å². The molecule has 3 N–H and O–H groups in total. The molecule has 2 atom stereocenters. The second-order valence-corrected chi connectivity index (χ2v) is 5.01. The monoisotopic (exact) mass is 288 g/mol. The molecule has 2 rings (SSSR count). The van der Waals surface area contributed by atoms with Crippen molar-refractivity contribution >= 4 is 17.3 Å². The number of nitrogen functional groups attached to an aromatic ring is 1. The van der Waals surface area contributed by atoms with Crippen LogP contribution in [0.15, 0.2) is 18.2 Å². The van der Waals surface area contributed by atoms with E-state index in [4.69, 9.17) is 5.73 Å². The number of hydrogen-bond acceptors (Lipinski definition) is 3. The van der Waals surface area contributed by atoms with Crippen molar-refractivity contribution in [2.24, 2.45) is 5.92 Å². The highest BCUT2D eigenvalue weighted by molar-refractivity contribution is 5.80. The average Bonchev–Trinajstić information content (AvgIpc) is 2.70. The Kier molecular flexibility index (Phi) is 3.54. The zero-order valence-electron chi connectivity index (χ0n) is 10.8. The highest BCUT2D eigenvalue weighted by Crippen LogP contribution is 2.38. The first kappa shape index (κ1) is 14.5. The van der Waals surface area contributed by atoms with Gasteiger partial charge in [0.05, 0.1) is 5.56 Å². The number of carboxylic acids is 1. The molecule has 1 fully saturated rings. The molecule has 0 aliphatic carbocycles. The molecular formula is C13H15F3N2O2. The highest BCUT2D eigenvalue weighted by Gasteiger charge is 2.38. The Morgan fingerprint density at radius 3 is 2.65 bits per heavy atom. The van der Waals surface area contributed by atoms with Crippen LogP contribution in [0.5, 0.6) is 0 Å². The van der Waals surface area contributed by atoms with E-state index in [9.17, 15) is 23.1 Å². The van der Waals surface area contributed by atoms with Gasteiger partial charge < -0.3 is 15.7 Å². The summed E-state index contributed by atoms with van der Waals surface area (Å²) in [6.07, 6.45) is -3.92. The third kappa shape index (κ3) is 2.52. The molecule has 1 aliphatic rings. The lowest BCUT2D eigenvalue weighted by molar-refractivity contribution is -0.139. The molecule has 20 heavy (non-hydrogen) atoms. The lowest BCUT2D eigenvalue weighted by atomic mass is 10.0. The van der Waals surface area contributed by atoms with Gasteiger partial charge in [0.15, 0.2) is 0 Å². The van der Waals surface area contributed by atoms with Crippen LogP contribution in [0.2, 0.25) is 0 Å². The van der Waals surface area contributed by atoms with Crippen molar-refractivity contribution in [3.05, 3.63) is 23.8 Å². The van der Waals surface area contributed by atoms with E-state index in [1.165, 1.54) is 17.0 Å². The van der Waals surface area contributed by atoms with Crippen LogP contribution in [0, 0.1) is 5.92 Å². The average molecular weight is 288 g/mol. The van der Waals surface area contributed by atoms with Crippen molar-refractivity contribution < 1.29 is 23.1 Å². The molecule has 1 aromatic rings. The van der Waals surface area contributed by atoms with E-state index >= 15 is 0 Å². The maximum absolute atomic E-state index is 12.8. The quantitative estimate of drug-likeness (QED) is 0.821. The minimum Gasteiger partial charge on any atom is -0.480 e. The Morgan fingerprint density at radius 1 is 1.45 bits per heavy atom. The first-order valence-corrected chi connectivity index (χ1v) is 6.18. The van der Waals surface area contributed by atoms with E-state index in [1.807, 2.05) is 0 Å². The van der Waals surface area contributed by atoms with Gasteiger partial charge in [0, 0.05) is 17.9 Å². The molecule has 0 spiro atoms. The van der Waals surface area contributed by atoms with E-state index in [0.717, 1.165) is 6.07 Å². The van der Waals surface area contributed by atoms with E-state index in [-0.39, 0.29) is 17.3 Å². The molecule has 2 unspecified atom stereocenters. The molecule has 1 saturated heterocycles. The molecule has 1 aromatic carbocycles. The van der Waals surface area contributed by atoms with Crippen LogP contribution in [-0.4, -0.2) is 23.7 Å². The summed E-state index contributed by atoms with van der Waals surface area (Å²) in [4.78, 5) is 12.7. The van der Waals surface area contributed by atoms with Crippen LogP contribution >= 0.6 is 0 Å². The molecule has 4 nitrogen and oxygen atoms in total. The van der Waals surface area contributed by atoms with Crippen LogP contribution in [0.3, 0.4) is 0 Å². The SMILES string of the molecule is CC1CCN(c2ccc(N)c(C(F)(F)F)c2)C1C(=O)O. The molecule has 1 aliphatic heterocycles. The van der Waals surface area contributed by atoms with Crippen molar-refractivity contribution in [1.29, 1.82) is 0 Å². The number of anilines is 2. The number of benzene rings is 1. The van der Waals surface area contributed by atoms with Crippen LogP contribution in [0.4, 0.5) is 24.5 Å². The van der Waals surface area contributed by atoms with E-state index in [1.54, 1.807) is 6.92 Å². The second-order valence-electron chi connectivity index (χ2n) is 5.01. The first-order valence-electron chi connectivity index (χ1n) is 6.18. The van der Waals surface area contributed by atoms with Crippen molar-refractivity contribution in [2.75, 3.05) is 17.2 Å². The predicted octanol–water partition coefficient (Wildman–Crippen LogP) is 2.59. The summed E-state index contributed by atoms with van der Waals surface area (Å²) < 4.78 is 38.5. The summed E-state index contributed by atoms with van der Waals surface area (Å²) in [6, 6.07) is 2.71. The molecule has 1 heterocycles. The molecule has 0 bridgehead atoms. The Hall–Kier alpha value is -1.92. The van der Waals surface area contributed by atoms with Crippen LogP contribution in [0.1, 0.15) is 18.9 Å². The molecule has 110 valence electrons. The summed E-state index contributed by atoms with van der Waals surface area (Å²) in [7, 11) is 0. The number of hydrogen-bond donors (Lipinski definition) is 2. The Morgan fingerprint density at radius 2 is 2.10 bits per heavy atom. The van der Waals surface area contributed by atoms with Gasteiger partial charge >= 0.3 is 12.1 Å². The van der Waals surface area contributed by atoms with Crippen molar-refractivity contribution in [1.82, 2.24) is 0 Å². The van der Waals surface area contributed by atoms with Gasteiger partial charge in [-0.15, -0.1) is 0 Å². The van der Waals surface area contributed by atoms with E-state index < -0.39 is 23.8 Å². The molecule has 0 radical (unpaired) electrons. The van der Waals surface area contributed by atoms with Gasteiger partial charge in [-0.25, -0.2) is 4.79 Å². The largest absolute Gasteiger partial charge is 0.480 e. The van der Waals surface area contributed by atoms with Gasteiger partial charge in [-0.1, -0.05) is 6.92 Å². The zero-order valence-corrected chi connectivity index (χ0v) is 10.8. The number of carboxylic acid groups (broad SMARTS) is 1. The van der Waals surface area contributed by atoms with Crippen LogP contribution in [0.25, 0.3) is 0 Å². The Balaban J connectivity index is 2.41. The number of rotatable bonds is 2. The molecular weight excluding hydrogens is 273 g/mol. The second kappa shape index (κ2) is 4.88. The summed E-state index contributed by atoms with van der Waals surface area (Å²) >= 11 is 0. The number of carbonyl (C=O) groups is 1. The number of halogens is 3. The number of nitrogens with two attached hydrogens (primary N) is 1. The normalized spacial score (nSPS) is 23.1. The Labute approximate surface area is 114 Å². The maximum Gasteiger partial charge on any atom is 0.418 e.